The van der Waals surface area contributed by atoms with Gasteiger partial charge in [0.05, 0.1) is 11.6 Å². The van der Waals surface area contributed by atoms with E-state index in [1.165, 1.54) is 11.0 Å². The predicted molar refractivity (Wildman–Crippen MR) is 70.6 cm³/mol. The van der Waals surface area contributed by atoms with E-state index in [0.29, 0.717) is 5.69 Å². The largest absolute Gasteiger partial charge is 0.327 e. The normalized spacial score (nSPS) is 13.8. The maximum Gasteiger partial charge on any atom is 0.228 e. The van der Waals surface area contributed by atoms with E-state index in [1.54, 1.807) is 19.1 Å². The molecule has 0 aliphatic heterocycles. The average molecular weight is 260 g/mol. The first kappa shape index (κ1) is 13.2. The average Bonchev–Trinajstić information content (AvgIpc) is 2.91. The van der Waals surface area contributed by atoms with Gasteiger partial charge < -0.3 is 11.1 Å². The number of amides is 1. The highest BCUT2D eigenvalue weighted by molar-refractivity contribution is 5.92. The topological polar surface area (TPSA) is 98.7 Å². The molecule has 0 saturated carbocycles. The van der Waals surface area contributed by atoms with Crippen LogP contribution in [0.4, 0.5) is 5.69 Å². The highest BCUT2D eigenvalue weighted by Gasteiger charge is 2.17. The van der Waals surface area contributed by atoms with Crippen molar-refractivity contribution in [2.24, 2.45) is 11.7 Å². The fourth-order valence-electron chi connectivity index (χ4n) is 1.50. The Morgan fingerprint density at radius 3 is 2.84 bits per heavy atom. The van der Waals surface area contributed by atoms with Crippen LogP contribution >= 0.6 is 0 Å². The number of nitrogens with one attached hydrogen (secondary N) is 1. The molecule has 2 atom stereocenters. The van der Waals surface area contributed by atoms with Crippen molar-refractivity contribution in [2.75, 3.05) is 5.32 Å². The first-order chi connectivity index (χ1) is 9.08. The first-order valence-corrected chi connectivity index (χ1v) is 5.98. The molecule has 0 bridgehead atoms. The Hall–Kier alpha value is -2.28. The molecule has 100 valence electrons. The highest BCUT2D eigenvalue weighted by Crippen LogP contribution is 2.14. The van der Waals surface area contributed by atoms with Crippen molar-refractivity contribution in [3.63, 3.8) is 0 Å². The summed E-state index contributed by atoms with van der Waals surface area (Å²) in [5, 5.41) is 13.8. The highest BCUT2D eigenvalue weighted by atomic mass is 16.1. The smallest absolute Gasteiger partial charge is 0.228 e. The zero-order valence-corrected chi connectivity index (χ0v) is 10.8. The van der Waals surface area contributed by atoms with Gasteiger partial charge in [-0.3, -0.25) is 4.79 Å². The minimum Gasteiger partial charge on any atom is -0.327 e. The standard InChI is InChI=1S/C12H16N6O/c1-8(9(2)13)12(19)15-10-4-3-5-11(6-10)18-7-14-16-17-18/h3-9H,13H2,1-2H3,(H,15,19). The lowest BCUT2D eigenvalue weighted by Crippen LogP contribution is -2.34. The second kappa shape index (κ2) is 5.57. The molecular formula is C12H16N6O. The van der Waals surface area contributed by atoms with Crippen molar-refractivity contribution >= 4 is 11.6 Å². The van der Waals surface area contributed by atoms with Gasteiger partial charge in [0.1, 0.15) is 6.33 Å². The predicted octanol–water partition coefficient (Wildman–Crippen LogP) is 0.584. The summed E-state index contributed by atoms with van der Waals surface area (Å²) in [5.41, 5.74) is 7.17. The first-order valence-electron chi connectivity index (χ1n) is 5.98. The molecule has 7 nitrogen and oxygen atoms in total. The van der Waals surface area contributed by atoms with Gasteiger partial charge in [0.2, 0.25) is 5.91 Å². The van der Waals surface area contributed by atoms with Crippen LogP contribution in [0.1, 0.15) is 13.8 Å². The molecule has 19 heavy (non-hydrogen) atoms. The third-order valence-electron chi connectivity index (χ3n) is 2.93. The zero-order valence-electron chi connectivity index (χ0n) is 10.8. The molecule has 2 rings (SSSR count). The SMILES string of the molecule is CC(N)C(C)C(=O)Nc1cccc(-n2cnnn2)c1. The molecule has 1 aromatic carbocycles. The molecule has 0 saturated heterocycles. The molecule has 0 spiro atoms. The molecule has 1 heterocycles. The lowest BCUT2D eigenvalue weighted by atomic mass is 10.0. The lowest BCUT2D eigenvalue weighted by molar-refractivity contribution is -0.119. The molecule has 1 amide bonds. The summed E-state index contributed by atoms with van der Waals surface area (Å²) < 4.78 is 1.52. The number of nitrogens with zero attached hydrogens (tertiary/aromatic N) is 4. The van der Waals surface area contributed by atoms with E-state index in [9.17, 15) is 4.79 Å². The zero-order chi connectivity index (χ0) is 13.8. The number of hydrogen-bond acceptors (Lipinski definition) is 5. The van der Waals surface area contributed by atoms with Gasteiger partial charge in [-0.05, 0) is 35.5 Å². The van der Waals surface area contributed by atoms with Gasteiger partial charge in [0.15, 0.2) is 0 Å². The second-order valence-corrected chi connectivity index (χ2v) is 4.44. The molecule has 2 unspecified atom stereocenters. The van der Waals surface area contributed by atoms with E-state index in [4.69, 9.17) is 5.73 Å². The van der Waals surface area contributed by atoms with E-state index in [-0.39, 0.29) is 17.9 Å². The number of aromatic nitrogens is 4. The van der Waals surface area contributed by atoms with Crippen molar-refractivity contribution in [3.8, 4) is 5.69 Å². The Bertz CT molecular complexity index is 551. The third-order valence-corrected chi connectivity index (χ3v) is 2.93. The van der Waals surface area contributed by atoms with Crippen LogP contribution in [0.15, 0.2) is 30.6 Å². The number of carbonyl (C=O) groups excluding carboxylic acids is 1. The maximum atomic E-state index is 11.9. The Kier molecular flexibility index (Phi) is 3.86. The molecule has 0 radical (unpaired) electrons. The van der Waals surface area contributed by atoms with Gasteiger partial charge in [-0.2, -0.15) is 0 Å². The van der Waals surface area contributed by atoms with E-state index in [2.05, 4.69) is 20.8 Å². The summed E-state index contributed by atoms with van der Waals surface area (Å²) in [7, 11) is 0. The van der Waals surface area contributed by atoms with Crippen LogP contribution in [0.25, 0.3) is 5.69 Å². The summed E-state index contributed by atoms with van der Waals surface area (Å²) in [6.07, 6.45) is 1.49. The van der Waals surface area contributed by atoms with Crippen molar-refractivity contribution in [2.45, 2.75) is 19.9 Å². The molecule has 3 N–H and O–H groups in total. The number of benzene rings is 1. The van der Waals surface area contributed by atoms with Gasteiger partial charge in [0, 0.05) is 11.7 Å². The molecule has 0 aliphatic carbocycles. The lowest BCUT2D eigenvalue weighted by Gasteiger charge is -2.15. The van der Waals surface area contributed by atoms with Crippen molar-refractivity contribution < 1.29 is 4.79 Å². The van der Waals surface area contributed by atoms with Crippen molar-refractivity contribution in [3.05, 3.63) is 30.6 Å². The monoisotopic (exact) mass is 260 g/mol. The van der Waals surface area contributed by atoms with Gasteiger partial charge in [0.25, 0.3) is 0 Å². The van der Waals surface area contributed by atoms with Crippen LogP contribution in [0, 0.1) is 5.92 Å². The van der Waals surface area contributed by atoms with E-state index < -0.39 is 0 Å². The Balaban J connectivity index is 2.14. The van der Waals surface area contributed by atoms with Crippen molar-refractivity contribution in [1.29, 1.82) is 0 Å². The Morgan fingerprint density at radius 1 is 1.42 bits per heavy atom. The summed E-state index contributed by atoms with van der Waals surface area (Å²) in [5.74, 6) is -0.361. The Labute approximate surface area is 110 Å². The minimum atomic E-state index is -0.253. The van der Waals surface area contributed by atoms with Crippen LogP contribution in [-0.2, 0) is 4.79 Å². The van der Waals surface area contributed by atoms with Crippen LogP contribution < -0.4 is 11.1 Å². The van der Waals surface area contributed by atoms with Gasteiger partial charge in [-0.15, -0.1) is 5.10 Å². The molecule has 7 heteroatoms. The summed E-state index contributed by atoms with van der Waals surface area (Å²) >= 11 is 0. The number of hydrogen-bond donors (Lipinski definition) is 2. The number of anilines is 1. The van der Waals surface area contributed by atoms with Gasteiger partial charge in [-0.25, -0.2) is 4.68 Å². The van der Waals surface area contributed by atoms with Gasteiger partial charge >= 0.3 is 0 Å². The minimum absolute atomic E-state index is 0.108. The Morgan fingerprint density at radius 2 is 2.21 bits per heavy atom. The summed E-state index contributed by atoms with van der Waals surface area (Å²) in [6.45, 7) is 3.60. The summed E-state index contributed by atoms with van der Waals surface area (Å²) in [6, 6.07) is 7.08. The van der Waals surface area contributed by atoms with Crippen LogP contribution in [0.2, 0.25) is 0 Å². The van der Waals surface area contributed by atoms with E-state index in [1.807, 2.05) is 19.1 Å². The van der Waals surface area contributed by atoms with E-state index in [0.717, 1.165) is 5.69 Å². The molecule has 1 aromatic heterocycles. The van der Waals surface area contributed by atoms with Gasteiger partial charge in [-0.1, -0.05) is 13.0 Å². The summed E-state index contributed by atoms with van der Waals surface area (Å²) in [4.78, 5) is 11.9. The molecule has 2 aromatic rings. The molecule has 0 aliphatic rings. The molecular weight excluding hydrogens is 244 g/mol. The fraction of sp³-hybridized carbons (Fsp3) is 0.333. The number of nitrogens with two attached hydrogens (primary N) is 1. The van der Waals surface area contributed by atoms with Crippen LogP contribution in [0.3, 0.4) is 0 Å². The van der Waals surface area contributed by atoms with Crippen LogP contribution in [-0.4, -0.2) is 32.2 Å². The van der Waals surface area contributed by atoms with Crippen molar-refractivity contribution in [1.82, 2.24) is 20.2 Å². The van der Waals surface area contributed by atoms with E-state index >= 15 is 0 Å². The van der Waals surface area contributed by atoms with Crippen LogP contribution in [0.5, 0.6) is 0 Å². The molecule has 0 fully saturated rings. The second-order valence-electron chi connectivity index (χ2n) is 4.44. The quantitative estimate of drug-likeness (QED) is 0.838. The third kappa shape index (κ3) is 3.14. The number of rotatable bonds is 4. The fourth-order valence-corrected chi connectivity index (χ4v) is 1.50. The maximum absolute atomic E-state index is 11.9. The number of tetrazole rings is 1. The number of carbonyl (C=O) groups is 1.